The van der Waals surface area contributed by atoms with Gasteiger partial charge in [0, 0.05) is 32.1 Å². The molecule has 1 saturated heterocycles. The van der Waals surface area contributed by atoms with Crippen LogP contribution in [0.5, 0.6) is 0 Å². The Morgan fingerprint density at radius 3 is 3.00 bits per heavy atom. The van der Waals surface area contributed by atoms with E-state index < -0.39 is 0 Å². The van der Waals surface area contributed by atoms with E-state index in [0.717, 1.165) is 18.7 Å². The molecule has 6 heteroatoms. The molecule has 1 aliphatic rings. The fourth-order valence-electron chi connectivity index (χ4n) is 2.55. The highest BCUT2D eigenvalue weighted by molar-refractivity contribution is 5.99. The van der Waals surface area contributed by atoms with Crippen molar-refractivity contribution < 1.29 is 9.53 Å². The second-order valence-electron chi connectivity index (χ2n) is 5.31. The van der Waals surface area contributed by atoms with Crippen molar-refractivity contribution in [2.75, 3.05) is 25.6 Å². The summed E-state index contributed by atoms with van der Waals surface area (Å²) >= 11 is 0. The van der Waals surface area contributed by atoms with Gasteiger partial charge < -0.3 is 15.1 Å². The number of likely N-dealkylation sites (tertiary alicyclic amines) is 1. The van der Waals surface area contributed by atoms with E-state index in [0.29, 0.717) is 23.7 Å². The van der Waals surface area contributed by atoms with Crippen LogP contribution in [0.4, 0.5) is 5.69 Å². The highest BCUT2D eigenvalue weighted by Crippen LogP contribution is 2.23. The lowest BCUT2D eigenvalue weighted by atomic mass is 9.95. The molecule has 0 spiro atoms. The average molecular weight is 278 g/mol. The van der Waals surface area contributed by atoms with Crippen molar-refractivity contribution in [2.45, 2.75) is 26.4 Å². The van der Waals surface area contributed by atoms with Crippen molar-refractivity contribution in [3.05, 3.63) is 23.5 Å². The lowest BCUT2D eigenvalue weighted by Crippen LogP contribution is -2.46. The van der Waals surface area contributed by atoms with Gasteiger partial charge in [-0.25, -0.2) is 0 Å². The number of carbonyl (C=O) groups excluding carboxylic acids is 1. The van der Waals surface area contributed by atoms with E-state index in [1.54, 1.807) is 24.3 Å². The number of nitrogen functional groups attached to an aromatic ring is 1. The van der Waals surface area contributed by atoms with Gasteiger partial charge in [0.25, 0.3) is 5.91 Å². The number of aromatic nitrogens is 1. The van der Waals surface area contributed by atoms with E-state index in [9.17, 15) is 4.79 Å². The summed E-state index contributed by atoms with van der Waals surface area (Å²) in [7, 11) is 1.69. The number of anilines is 1. The Morgan fingerprint density at radius 2 is 2.35 bits per heavy atom. The molecule has 1 amide bonds. The number of amides is 1. The first-order valence-corrected chi connectivity index (χ1v) is 6.82. The molecular weight excluding hydrogens is 256 g/mol. The molecule has 2 atom stereocenters. The monoisotopic (exact) mass is 278 g/mol. The molecule has 1 aromatic heterocycles. The normalized spacial score (nSPS) is 22.7. The van der Waals surface area contributed by atoms with Gasteiger partial charge in [0.2, 0.25) is 0 Å². The molecule has 20 heavy (non-hydrogen) atoms. The summed E-state index contributed by atoms with van der Waals surface area (Å²) < 4.78 is 5.45. The zero-order valence-electron chi connectivity index (χ0n) is 12.2. The number of rotatable bonds is 3. The summed E-state index contributed by atoms with van der Waals surface area (Å²) in [4.78, 5) is 18.6. The highest BCUT2D eigenvalue weighted by Gasteiger charge is 2.30. The van der Waals surface area contributed by atoms with Crippen LogP contribution < -0.4 is 11.3 Å². The molecule has 1 aliphatic heterocycles. The van der Waals surface area contributed by atoms with Crippen molar-refractivity contribution in [1.29, 1.82) is 0 Å². The van der Waals surface area contributed by atoms with Gasteiger partial charge in [-0.15, -0.1) is 0 Å². The van der Waals surface area contributed by atoms with Crippen molar-refractivity contribution in [2.24, 2.45) is 11.8 Å². The Balaban J connectivity index is 2.19. The predicted molar refractivity (Wildman–Crippen MR) is 77.3 cm³/mol. The van der Waals surface area contributed by atoms with E-state index in [-0.39, 0.29) is 12.0 Å². The molecule has 2 heterocycles. The Hall–Kier alpha value is -1.66. The highest BCUT2D eigenvalue weighted by atomic mass is 16.5. The number of methoxy groups -OCH3 is 1. The van der Waals surface area contributed by atoms with Crippen LogP contribution in [-0.2, 0) is 4.74 Å². The summed E-state index contributed by atoms with van der Waals surface area (Å²) in [5, 5.41) is 0. The standard InChI is InChI=1S/C14H22N4O2/c1-9-4-5-18(8-13(9)20-3)14(19)11-7-16-10(2)6-12(11)17-15/h6-7,9,13H,4-5,8,15H2,1-3H3,(H,16,17). The third kappa shape index (κ3) is 2.91. The van der Waals surface area contributed by atoms with Crippen molar-refractivity contribution in [1.82, 2.24) is 9.88 Å². The molecule has 1 aromatic rings. The van der Waals surface area contributed by atoms with Crippen molar-refractivity contribution in [3.63, 3.8) is 0 Å². The quantitative estimate of drug-likeness (QED) is 0.641. The Bertz CT molecular complexity index is 492. The van der Waals surface area contributed by atoms with Crippen LogP contribution in [0.15, 0.2) is 12.3 Å². The molecule has 1 fully saturated rings. The summed E-state index contributed by atoms with van der Waals surface area (Å²) in [5.74, 6) is 5.90. The molecule has 2 unspecified atom stereocenters. The lowest BCUT2D eigenvalue weighted by molar-refractivity contribution is -0.00154. The maximum Gasteiger partial charge on any atom is 0.257 e. The van der Waals surface area contributed by atoms with Crippen LogP contribution in [0.3, 0.4) is 0 Å². The number of nitrogens with one attached hydrogen (secondary N) is 1. The fourth-order valence-corrected chi connectivity index (χ4v) is 2.55. The molecule has 0 aromatic carbocycles. The molecule has 110 valence electrons. The van der Waals surface area contributed by atoms with E-state index in [1.165, 1.54) is 0 Å². The minimum absolute atomic E-state index is 0.0561. The van der Waals surface area contributed by atoms with E-state index in [4.69, 9.17) is 10.6 Å². The third-order valence-corrected chi connectivity index (χ3v) is 3.91. The SMILES string of the molecule is COC1CN(C(=O)c2cnc(C)cc2NN)CCC1C. The van der Waals surface area contributed by atoms with Gasteiger partial charge in [-0.2, -0.15) is 0 Å². The summed E-state index contributed by atoms with van der Waals surface area (Å²) in [6, 6.07) is 1.77. The van der Waals surface area contributed by atoms with Crippen LogP contribution in [0.25, 0.3) is 0 Å². The number of pyridine rings is 1. The van der Waals surface area contributed by atoms with Gasteiger partial charge >= 0.3 is 0 Å². The molecule has 0 bridgehead atoms. The fraction of sp³-hybridized carbons (Fsp3) is 0.571. The second-order valence-corrected chi connectivity index (χ2v) is 5.31. The average Bonchev–Trinajstić information content (AvgIpc) is 2.46. The maximum absolute atomic E-state index is 12.6. The van der Waals surface area contributed by atoms with E-state index >= 15 is 0 Å². The molecule has 3 N–H and O–H groups in total. The van der Waals surface area contributed by atoms with Gasteiger partial charge in [-0.1, -0.05) is 6.92 Å². The molecule has 6 nitrogen and oxygen atoms in total. The van der Waals surface area contributed by atoms with E-state index in [1.807, 2.05) is 6.92 Å². The molecule has 0 aliphatic carbocycles. The minimum Gasteiger partial charge on any atom is -0.379 e. The first-order valence-electron chi connectivity index (χ1n) is 6.82. The Labute approximate surface area is 119 Å². The van der Waals surface area contributed by atoms with Crippen LogP contribution in [0.1, 0.15) is 29.4 Å². The van der Waals surface area contributed by atoms with Crippen molar-refractivity contribution in [3.8, 4) is 0 Å². The maximum atomic E-state index is 12.6. The van der Waals surface area contributed by atoms with Crippen LogP contribution >= 0.6 is 0 Å². The third-order valence-electron chi connectivity index (χ3n) is 3.91. The number of hydrogen-bond donors (Lipinski definition) is 2. The summed E-state index contributed by atoms with van der Waals surface area (Å²) in [5.41, 5.74) is 4.50. The number of hydrogen-bond acceptors (Lipinski definition) is 5. The number of nitrogens with zero attached hydrogens (tertiary/aromatic N) is 2. The number of nitrogens with two attached hydrogens (primary N) is 1. The van der Waals surface area contributed by atoms with Gasteiger partial charge in [0.15, 0.2) is 0 Å². The molecule has 0 radical (unpaired) electrons. The largest absolute Gasteiger partial charge is 0.379 e. The van der Waals surface area contributed by atoms with Crippen LogP contribution in [0, 0.1) is 12.8 Å². The smallest absolute Gasteiger partial charge is 0.257 e. The van der Waals surface area contributed by atoms with Gasteiger partial charge in [-0.05, 0) is 25.3 Å². The van der Waals surface area contributed by atoms with Crippen LogP contribution in [0.2, 0.25) is 0 Å². The molecular formula is C14H22N4O2. The summed E-state index contributed by atoms with van der Waals surface area (Å²) in [6.07, 6.45) is 2.60. The first kappa shape index (κ1) is 14.7. The number of ether oxygens (including phenoxy) is 1. The zero-order valence-corrected chi connectivity index (χ0v) is 12.2. The summed E-state index contributed by atoms with van der Waals surface area (Å²) in [6.45, 7) is 5.35. The number of hydrazine groups is 1. The lowest BCUT2D eigenvalue weighted by Gasteiger charge is -2.36. The van der Waals surface area contributed by atoms with Crippen LogP contribution in [-0.4, -0.2) is 42.1 Å². The van der Waals surface area contributed by atoms with Gasteiger partial charge in [0.05, 0.1) is 17.4 Å². The number of carbonyl (C=O) groups is 1. The predicted octanol–water partition coefficient (Wildman–Crippen LogP) is 1.17. The van der Waals surface area contributed by atoms with Crippen molar-refractivity contribution >= 4 is 11.6 Å². The Kier molecular flexibility index (Phi) is 4.57. The minimum atomic E-state index is -0.0561. The topological polar surface area (TPSA) is 80.5 Å². The molecule has 0 saturated carbocycles. The van der Waals surface area contributed by atoms with E-state index in [2.05, 4.69) is 17.3 Å². The second kappa shape index (κ2) is 6.19. The Morgan fingerprint density at radius 1 is 1.60 bits per heavy atom. The molecule has 2 rings (SSSR count). The zero-order chi connectivity index (χ0) is 14.7. The van der Waals surface area contributed by atoms with Gasteiger partial charge in [-0.3, -0.25) is 15.6 Å². The number of aryl methyl sites for hydroxylation is 1. The first-order chi connectivity index (χ1) is 9.56. The van der Waals surface area contributed by atoms with Gasteiger partial charge in [0.1, 0.15) is 0 Å². The number of piperidine rings is 1.